The van der Waals surface area contributed by atoms with Crippen LogP contribution < -0.4 is 0 Å². The molecule has 0 saturated heterocycles. The minimum absolute atomic E-state index is 0.00675. The highest BCUT2D eigenvalue weighted by molar-refractivity contribution is 7.26. The van der Waals surface area contributed by atoms with E-state index in [0.717, 1.165) is 54.6 Å². The zero-order valence-electron chi connectivity index (χ0n) is 40.9. The van der Waals surface area contributed by atoms with E-state index >= 15 is 0 Å². The molecule has 0 aliphatic rings. The molecule has 0 fully saturated rings. The van der Waals surface area contributed by atoms with Crippen molar-refractivity contribution >= 4 is 53.3 Å². The molecule has 3 aromatic heterocycles. The van der Waals surface area contributed by atoms with Gasteiger partial charge in [0.25, 0.3) is 0 Å². The summed E-state index contributed by atoms with van der Waals surface area (Å²) in [6.07, 6.45) is 0. The number of benzene rings is 9. The van der Waals surface area contributed by atoms with Crippen molar-refractivity contribution in [1.29, 1.82) is 0 Å². The first-order chi connectivity index (χ1) is 34.0. The number of fused-ring (bicyclic) bond motifs is 6. The molecule has 62 heavy (non-hydrogen) atoms. The maximum atomic E-state index is 9.18. The standard InChI is InChI=1S/C57H36N4S/c1-4-17-37(18-5-1)40-31-32-53-48(34-40)49-36-43(38-19-6-2-7-20-38)35-47(54(49)62-53)41-23-16-24-42(33-41)56-58-55(39-21-8-3-9-22-39)59-57(60-56)46-27-12-15-30-52(46)61-50-28-13-10-25-44(50)45-26-11-14-29-51(45)61/h1-36H/i10D,11D,13D,14D,25D,26D,28D,29D. The van der Waals surface area contributed by atoms with Gasteiger partial charge < -0.3 is 4.57 Å². The maximum absolute atomic E-state index is 9.18. The van der Waals surface area contributed by atoms with Gasteiger partial charge in [-0.3, -0.25) is 0 Å². The normalized spacial score (nSPS) is 13.4. The quantitative estimate of drug-likeness (QED) is 0.161. The molecular weight excluding hydrogens is 773 g/mol. The molecule has 0 bridgehead atoms. The Morgan fingerprint density at radius 1 is 0.371 bits per heavy atom. The minimum atomic E-state index is -0.508. The molecule has 12 rings (SSSR count). The third-order valence-corrected chi connectivity index (χ3v) is 12.5. The van der Waals surface area contributed by atoms with E-state index in [1.807, 2.05) is 60.7 Å². The summed E-state index contributed by atoms with van der Waals surface area (Å²) in [7, 11) is 0. The third kappa shape index (κ3) is 6.18. The summed E-state index contributed by atoms with van der Waals surface area (Å²) < 4.78 is 74.7. The highest BCUT2D eigenvalue weighted by Gasteiger charge is 2.20. The van der Waals surface area contributed by atoms with E-state index in [4.69, 9.17) is 23.2 Å². The molecule has 12 aromatic rings. The lowest BCUT2D eigenvalue weighted by Crippen LogP contribution is -2.03. The second kappa shape index (κ2) is 14.9. The molecule has 0 radical (unpaired) electrons. The number of rotatable bonds is 7. The van der Waals surface area contributed by atoms with Crippen LogP contribution in [0.2, 0.25) is 0 Å². The number of nitrogens with zero attached hydrogens (tertiary/aromatic N) is 4. The lowest BCUT2D eigenvalue weighted by Gasteiger charge is -2.15. The number of para-hydroxylation sites is 3. The van der Waals surface area contributed by atoms with Gasteiger partial charge in [-0.05, 0) is 82.4 Å². The second-order valence-electron chi connectivity index (χ2n) is 15.0. The van der Waals surface area contributed by atoms with Crippen LogP contribution in [0.3, 0.4) is 0 Å². The van der Waals surface area contributed by atoms with Crippen LogP contribution >= 0.6 is 11.3 Å². The Morgan fingerprint density at radius 3 is 1.63 bits per heavy atom. The Balaban J connectivity index is 1.09. The summed E-state index contributed by atoms with van der Waals surface area (Å²) in [6.45, 7) is 0. The van der Waals surface area contributed by atoms with Gasteiger partial charge in [-0.2, -0.15) is 0 Å². The summed E-state index contributed by atoms with van der Waals surface area (Å²) in [4.78, 5) is 15.3. The lowest BCUT2D eigenvalue weighted by atomic mass is 9.94. The van der Waals surface area contributed by atoms with E-state index in [-0.39, 0.29) is 27.6 Å². The van der Waals surface area contributed by atoms with Gasteiger partial charge in [-0.15, -0.1) is 11.3 Å². The summed E-state index contributed by atoms with van der Waals surface area (Å²) in [5.41, 5.74) is 8.77. The number of thiophene rings is 1. The Bertz CT molecular complexity index is 4030. The van der Waals surface area contributed by atoms with Crippen LogP contribution in [-0.4, -0.2) is 19.5 Å². The predicted octanol–water partition coefficient (Wildman–Crippen LogP) is 15.3. The molecule has 0 spiro atoms. The van der Waals surface area contributed by atoms with E-state index in [1.54, 1.807) is 29.5 Å². The molecule has 0 unspecified atom stereocenters. The fraction of sp³-hybridized carbons (Fsp3) is 0. The zero-order chi connectivity index (χ0) is 47.9. The first-order valence-corrected chi connectivity index (χ1v) is 21.0. The maximum Gasteiger partial charge on any atom is 0.166 e. The second-order valence-corrected chi connectivity index (χ2v) is 16.1. The smallest absolute Gasteiger partial charge is 0.166 e. The van der Waals surface area contributed by atoms with Crippen LogP contribution in [0, 0.1) is 0 Å². The Morgan fingerprint density at radius 2 is 0.919 bits per heavy atom. The van der Waals surface area contributed by atoms with Crippen molar-refractivity contribution in [3.8, 4) is 73.2 Å². The van der Waals surface area contributed by atoms with E-state index in [0.29, 0.717) is 22.9 Å². The van der Waals surface area contributed by atoms with Crippen LogP contribution in [0.5, 0.6) is 0 Å². The molecular formula is C57H36N4S. The van der Waals surface area contributed by atoms with E-state index in [1.165, 1.54) is 14.7 Å². The first kappa shape index (κ1) is 28.5. The average molecular weight is 817 g/mol. The van der Waals surface area contributed by atoms with Gasteiger partial charge in [-0.1, -0.05) is 164 Å². The highest BCUT2D eigenvalue weighted by Crippen LogP contribution is 2.45. The van der Waals surface area contributed by atoms with Crippen molar-refractivity contribution in [1.82, 2.24) is 19.5 Å². The van der Waals surface area contributed by atoms with Gasteiger partial charge in [0, 0.05) is 53.2 Å². The van der Waals surface area contributed by atoms with Crippen molar-refractivity contribution in [2.45, 2.75) is 0 Å². The van der Waals surface area contributed by atoms with Crippen molar-refractivity contribution in [3.63, 3.8) is 0 Å². The molecule has 3 heterocycles. The van der Waals surface area contributed by atoms with Crippen molar-refractivity contribution in [3.05, 3.63) is 218 Å². The first-order valence-electron chi connectivity index (χ1n) is 24.2. The monoisotopic (exact) mass is 816 g/mol. The molecule has 0 amide bonds. The summed E-state index contributed by atoms with van der Waals surface area (Å²) in [5, 5.41) is 2.31. The van der Waals surface area contributed by atoms with Crippen LogP contribution in [0.25, 0.3) is 115 Å². The molecule has 9 aromatic carbocycles. The Kier molecular flexibility index (Phi) is 6.86. The number of aromatic nitrogens is 4. The summed E-state index contributed by atoms with van der Waals surface area (Å²) >= 11 is 1.76. The molecule has 290 valence electrons. The van der Waals surface area contributed by atoms with Crippen LogP contribution in [0.15, 0.2) is 218 Å². The largest absolute Gasteiger partial charge is 0.309 e. The highest BCUT2D eigenvalue weighted by atomic mass is 32.1. The predicted molar refractivity (Wildman–Crippen MR) is 260 cm³/mol. The van der Waals surface area contributed by atoms with Gasteiger partial charge >= 0.3 is 0 Å². The topological polar surface area (TPSA) is 43.6 Å². The van der Waals surface area contributed by atoms with Gasteiger partial charge in [0.15, 0.2) is 17.5 Å². The summed E-state index contributed by atoms with van der Waals surface area (Å²) in [5.74, 6) is 1.01. The molecule has 5 heteroatoms. The van der Waals surface area contributed by atoms with Gasteiger partial charge in [-0.25, -0.2) is 15.0 Å². The summed E-state index contributed by atoms with van der Waals surface area (Å²) in [6, 6.07) is 53.3. The lowest BCUT2D eigenvalue weighted by molar-refractivity contribution is 1.06. The van der Waals surface area contributed by atoms with Crippen molar-refractivity contribution < 1.29 is 11.0 Å². The van der Waals surface area contributed by atoms with E-state index in [9.17, 15) is 2.74 Å². The Labute approximate surface area is 374 Å². The van der Waals surface area contributed by atoms with Crippen LogP contribution in [0.1, 0.15) is 11.0 Å². The van der Waals surface area contributed by atoms with Crippen LogP contribution in [-0.2, 0) is 0 Å². The van der Waals surface area contributed by atoms with E-state index < -0.39 is 48.3 Å². The van der Waals surface area contributed by atoms with Crippen LogP contribution in [0.4, 0.5) is 0 Å². The molecule has 0 atom stereocenters. The molecule has 0 N–H and O–H groups in total. The fourth-order valence-corrected chi connectivity index (χ4v) is 9.59. The zero-order valence-corrected chi connectivity index (χ0v) is 33.7. The van der Waals surface area contributed by atoms with E-state index in [2.05, 4.69) is 91.0 Å². The Hall–Kier alpha value is -7.99. The molecule has 4 nitrogen and oxygen atoms in total. The number of hydrogen-bond acceptors (Lipinski definition) is 4. The minimum Gasteiger partial charge on any atom is -0.309 e. The fourth-order valence-electron chi connectivity index (χ4n) is 8.39. The van der Waals surface area contributed by atoms with Crippen molar-refractivity contribution in [2.75, 3.05) is 0 Å². The van der Waals surface area contributed by atoms with Gasteiger partial charge in [0.1, 0.15) is 0 Å². The molecule has 0 saturated carbocycles. The third-order valence-electron chi connectivity index (χ3n) is 11.3. The average Bonchev–Trinajstić information content (AvgIpc) is 3.98. The molecule has 0 aliphatic heterocycles. The van der Waals surface area contributed by atoms with Gasteiger partial charge in [0.05, 0.1) is 27.7 Å². The van der Waals surface area contributed by atoms with Gasteiger partial charge in [0.2, 0.25) is 0 Å². The molecule has 0 aliphatic carbocycles. The number of hydrogen-bond donors (Lipinski definition) is 0. The SMILES string of the molecule is [2H]c1c([2H])c([2H])c2c(c1[2H])c1c([2H])c([2H])c([2H])c([2H])c1n2-c1ccccc1-c1nc(-c2ccccc2)nc(-c2cccc(-c3cc(-c4ccccc4)cc4c3sc3ccc(-c5ccccc5)cc34)c2)n1. The van der Waals surface area contributed by atoms with Crippen molar-refractivity contribution in [2.24, 2.45) is 0 Å².